The highest BCUT2D eigenvalue weighted by Gasteiger charge is 2.26. The Morgan fingerprint density at radius 1 is 0.938 bits per heavy atom. The van der Waals surface area contributed by atoms with Gasteiger partial charge in [-0.3, -0.25) is 0 Å². The minimum atomic E-state index is -2.18. The van der Waals surface area contributed by atoms with Crippen molar-refractivity contribution in [2.75, 3.05) is 12.3 Å². The molecule has 1 aromatic carbocycles. The maximum Gasteiger partial charge on any atom is 0.116 e. The van der Waals surface area contributed by atoms with E-state index >= 15 is 0 Å². The van der Waals surface area contributed by atoms with Crippen LogP contribution < -0.4 is 5.30 Å². The highest BCUT2D eigenvalue weighted by Crippen LogP contribution is 2.47. The Morgan fingerprint density at radius 2 is 1.38 bits per heavy atom. The highest BCUT2D eigenvalue weighted by atomic mass is 31.2. The normalized spacial score (nSPS) is 12.4. The first-order valence-electron chi connectivity index (χ1n) is 6.08. The molecule has 1 rings (SSSR count). The molecule has 0 saturated carbocycles. The van der Waals surface area contributed by atoms with Crippen molar-refractivity contribution >= 4 is 12.4 Å². The average Bonchev–Trinajstić information content (AvgIpc) is 2.16. The standard InChI is InChI=1S/C14H23OP/c1-12(2)10-16(15,11-13(3)4)14-8-6-5-7-9-14/h5-9,12-13H,10-11H2,1-4H3. The van der Waals surface area contributed by atoms with Gasteiger partial charge in [0.25, 0.3) is 0 Å². The topological polar surface area (TPSA) is 17.1 Å². The third-order valence-electron chi connectivity index (χ3n) is 2.55. The molecule has 0 radical (unpaired) electrons. The minimum absolute atomic E-state index is 0.491. The van der Waals surface area contributed by atoms with Crippen molar-refractivity contribution in [3.05, 3.63) is 30.3 Å². The van der Waals surface area contributed by atoms with Gasteiger partial charge in [-0.15, -0.1) is 0 Å². The fourth-order valence-electron chi connectivity index (χ4n) is 2.16. The lowest BCUT2D eigenvalue weighted by Crippen LogP contribution is -2.16. The number of rotatable bonds is 5. The SMILES string of the molecule is CC(C)CP(=O)(CC(C)C)c1ccccc1. The largest absolute Gasteiger partial charge is 0.319 e. The zero-order valence-electron chi connectivity index (χ0n) is 10.8. The Morgan fingerprint density at radius 3 is 1.75 bits per heavy atom. The smallest absolute Gasteiger partial charge is 0.116 e. The first-order chi connectivity index (χ1) is 7.44. The first kappa shape index (κ1) is 13.5. The van der Waals surface area contributed by atoms with E-state index in [4.69, 9.17) is 0 Å². The van der Waals surface area contributed by atoms with E-state index in [1.54, 1.807) is 0 Å². The van der Waals surface area contributed by atoms with E-state index < -0.39 is 7.14 Å². The molecule has 0 heterocycles. The Hall–Kier alpha value is -0.550. The zero-order chi connectivity index (χ0) is 12.2. The molecule has 0 unspecified atom stereocenters. The summed E-state index contributed by atoms with van der Waals surface area (Å²) in [6.45, 7) is 8.59. The van der Waals surface area contributed by atoms with Crippen LogP contribution in [-0.4, -0.2) is 12.3 Å². The summed E-state index contributed by atoms with van der Waals surface area (Å²) in [4.78, 5) is 0. The van der Waals surface area contributed by atoms with Crippen molar-refractivity contribution in [2.24, 2.45) is 11.8 Å². The van der Waals surface area contributed by atoms with Crippen molar-refractivity contribution in [2.45, 2.75) is 27.7 Å². The van der Waals surface area contributed by atoms with Gasteiger partial charge in [0.1, 0.15) is 7.14 Å². The second-order valence-electron chi connectivity index (χ2n) is 5.38. The van der Waals surface area contributed by atoms with Gasteiger partial charge in [0.15, 0.2) is 0 Å². The van der Waals surface area contributed by atoms with E-state index in [0.29, 0.717) is 11.8 Å². The third kappa shape index (κ3) is 3.79. The summed E-state index contributed by atoms with van der Waals surface area (Å²) in [5.74, 6) is 0.981. The van der Waals surface area contributed by atoms with Gasteiger partial charge in [0.05, 0.1) is 0 Å². The lowest BCUT2D eigenvalue weighted by molar-refractivity contribution is 0.563. The molecule has 0 bridgehead atoms. The number of hydrogen-bond donors (Lipinski definition) is 0. The zero-order valence-corrected chi connectivity index (χ0v) is 11.7. The summed E-state index contributed by atoms with van der Waals surface area (Å²) in [5.41, 5.74) is 0. The molecule has 2 heteroatoms. The van der Waals surface area contributed by atoms with Gasteiger partial charge in [-0.05, 0) is 11.8 Å². The molecule has 0 amide bonds. The lowest BCUT2D eigenvalue weighted by atomic mass is 10.3. The summed E-state index contributed by atoms with van der Waals surface area (Å²) in [7, 11) is -2.18. The van der Waals surface area contributed by atoms with Crippen LogP contribution in [0.3, 0.4) is 0 Å². The molecule has 0 aliphatic heterocycles. The molecule has 0 N–H and O–H groups in total. The van der Waals surface area contributed by atoms with Gasteiger partial charge in [0.2, 0.25) is 0 Å². The average molecular weight is 238 g/mol. The molecule has 0 spiro atoms. The monoisotopic (exact) mass is 238 g/mol. The lowest BCUT2D eigenvalue weighted by Gasteiger charge is -2.22. The molecule has 1 nitrogen and oxygen atoms in total. The molecule has 0 aliphatic carbocycles. The van der Waals surface area contributed by atoms with Gasteiger partial charge in [-0.1, -0.05) is 58.0 Å². The van der Waals surface area contributed by atoms with Crippen LogP contribution >= 0.6 is 7.14 Å². The van der Waals surface area contributed by atoms with Crippen LogP contribution in [0.4, 0.5) is 0 Å². The Bertz CT molecular complexity index is 340. The molecule has 90 valence electrons. The summed E-state index contributed by atoms with van der Waals surface area (Å²) in [6.07, 6.45) is 1.66. The van der Waals surface area contributed by atoms with Crippen LogP contribution in [0, 0.1) is 11.8 Å². The van der Waals surface area contributed by atoms with Gasteiger partial charge >= 0.3 is 0 Å². The van der Waals surface area contributed by atoms with Crippen LogP contribution in [0.1, 0.15) is 27.7 Å². The van der Waals surface area contributed by atoms with E-state index in [0.717, 1.165) is 17.6 Å². The second-order valence-corrected chi connectivity index (χ2v) is 8.40. The van der Waals surface area contributed by atoms with Crippen LogP contribution in [0.25, 0.3) is 0 Å². The van der Waals surface area contributed by atoms with Crippen LogP contribution in [0.5, 0.6) is 0 Å². The molecular formula is C14H23OP. The maximum absolute atomic E-state index is 13.0. The summed E-state index contributed by atoms with van der Waals surface area (Å²) < 4.78 is 13.0. The second kappa shape index (κ2) is 5.68. The van der Waals surface area contributed by atoms with Gasteiger partial charge in [-0.2, -0.15) is 0 Å². The van der Waals surface area contributed by atoms with Crippen molar-refractivity contribution in [3.8, 4) is 0 Å². The molecule has 0 atom stereocenters. The number of benzene rings is 1. The summed E-state index contributed by atoms with van der Waals surface area (Å²) in [5, 5.41) is 1.05. The number of hydrogen-bond acceptors (Lipinski definition) is 1. The Balaban J connectivity index is 3.00. The molecule has 0 aromatic heterocycles. The fraction of sp³-hybridized carbons (Fsp3) is 0.571. The minimum Gasteiger partial charge on any atom is -0.319 e. The van der Waals surface area contributed by atoms with Crippen LogP contribution in [0.15, 0.2) is 30.3 Å². The molecule has 16 heavy (non-hydrogen) atoms. The molecular weight excluding hydrogens is 215 g/mol. The fourth-order valence-corrected chi connectivity index (χ4v) is 5.81. The molecule has 1 aromatic rings. The van der Waals surface area contributed by atoms with Crippen molar-refractivity contribution in [1.82, 2.24) is 0 Å². The van der Waals surface area contributed by atoms with E-state index in [2.05, 4.69) is 27.7 Å². The predicted molar refractivity (Wildman–Crippen MR) is 73.1 cm³/mol. The van der Waals surface area contributed by atoms with Gasteiger partial charge in [-0.25, -0.2) is 0 Å². The predicted octanol–water partition coefficient (Wildman–Crippen LogP) is 3.99. The molecule has 0 saturated heterocycles. The first-order valence-corrected chi connectivity index (χ1v) is 8.15. The molecule has 0 aliphatic rings. The molecule has 0 fully saturated rings. The van der Waals surface area contributed by atoms with Crippen molar-refractivity contribution in [3.63, 3.8) is 0 Å². The summed E-state index contributed by atoms with van der Waals surface area (Å²) >= 11 is 0. The van der Waals surface area contributed by atoms with E-state index in [-0.39, 0.29) is 0 Å². The van der Waals surface area contributed by atoms with E-state index in [1.165, 1.54) is 0 Å². The maximum atomic E-state index is 13.0. The summed E-state index contributed by atoms with van der Waals surface area (Å²) in [6, 6.07) is 10.0. The van der Waals surface area contributed by atoms with Crippen LogP contribution in [-0.2, 0) is 4.57 Å². The van der Waals surface area contributed by atoms with E-state index in [1.807, 2.05) is 30.3 Å². The Labute approximate surface area is 99.6 Å². The van der Waals surface area contributed by atoms with Gasteiger partial charge in [0, 0.05) is 17.6 Å². The van der Waals surface area contributed by atoms with Crippen molar-refractivity contribution in [1.29, 1.82) is 0 Å². The van der Waals surface area contributed by atoms with E-state index in [9.17, 15) is 4.57 Å². The van der Waals surface area contributed by atoms with Crippen LogP contribution in [0.2, 0.25) is 0 Å². The third-order valence-corrected chi connectivity index (χ3v) is 6.43. The van der Waals surface area contributed by atoms with Gasteiger partial charge < -0.3 is 4.57 Å². The van der Waals surface area contributed by atoms with Crippen molar-refractivity contribution < 1.29 is 4.57 Å². The highest BCUT2D eigenvalue weighted by molar-refractivity contribution is 7.71. The Kier molecular flexibility index (Phi) is 4.80. The quantitative estimate of drug-likeness (QED) is 0.709.